The van der Waals surface area contributed by atoms with Gasteiger partial charge in [-0.1, -0.05) is 353 Å². The molecule has 634 valence electrons. The highest BCUT2D eigenvalue weighted by Crippen LogP contribution is 2.58. The van der Waals surface area contributed by atoms with E-state index in [1.807, 2.05) is 0 Å². The molecule has 7 heteroatoms. The van der Waals surface area contributed by atoms with E-state index in [0.29, 0.717) is 0 Å². The molecule has 0 aliphatic carbocycles. The van der Waals surface area contributed by atoms with Gasteiger partial charge in [-0.2, -0.15) is 0 Å². The van der Waals surface area contributed by atoms with Gasteiger partial charge in [-0.25, -0.2) is 0 Å². The zero-order valence-corrected chi connectivity index (χ0v) is 75.9. The first kappa shape index (κ1) is 79.2. The molecule has 6 heterocycles. The van der Waals surface area contributed by atoms with Crippen LogP contribution in [0.5, 0.6) is 0 Å². The average Bonchev–Trinajstić information content (AvgIpc) is 1.61. The third-order valence-corrected chi connectivity index (χ3v) is 28.2. The van der Waals surface area contributed by atoms with Crippen molar-refractivity contribution >= 4 is 145 Å². The van der Waals surface area contributed by atoms with E-state index >= 15 is 0 Å². The lowest BCUT2D eigenvalue weighted by molar-refractivity contribution is 0.572. The van der Waals surface area contributed by atoms with E-state index < -0.39 is 5.41 Å². The lowest BCUT2D eigenvalue weighted by Crippen LogP contribution is -2.61. The third-order valence-electron chi connectivity index (χ3n) is 28.2. The SMILES string of the molecule is CC(C)(C)c1cc2c3c(c1)N(c1c(-c4cccc(-c5ccccc5)c4)cc(C(C)(C)C)c4oc5ccccc5c14)c1cc(-n4c5ccc(-c6ccccc6)cc5c5cc(-c6ccccc6)ccc54)ccc1B3c1ccc(-n3c4ccc(-c5ccccc5)cc4c4cc(-c5ccccc5)ccc43)cc1N2c1c(-c2cccc(-c3ccccc3)c2)cc(C(C)(C)C)c2oc3ccccc3c12. The lowest BCUT2D eigenvalue weighted by Gasteiger charge is -2.46. The van der Waals surface area contributed by atoms with Crippen molar-refractivity contribution < 1.29 is 8.83 Å². The van der Waals surface area contributed by atoms with Crippen molar-refractivity contribution in [2.24, 2.45) is 0 Å². The molecular weight excluding hydrogens is 1610 g/mol. The topological polar surface area (TPSA) is 42.6 Å². The minimum absolute atomic E-state index is 0.384. The first-order valence-electron chi connectivity index (χ1n) is 46.6. The number of benzene rings is 19. The van der Waals surface area contributed by atoms with Crippen molar-refractivity contribution in [2.75, 3.05) is 9.80 Å². The van der Waals surface area contributed by atoms with Crippen LogP contribution in [0, 0.1) is 0 Å². The minimum atomic E-state index is -0.454. The summed E-state index contributed by atoms with van der Waals surface area (Å²) in [5, 5.41) is 8.87. The Kier molecular flexibility index (Phi) is 18.1. The number of aromatic nitrogens is 2. The Hall–Kier alpha value is -16.0. The summed E-state index contributed by atoms with van der Waals surface area (Å²) in [6, 6.07) is 155. The molecule has 0 spiro atoms. The van der Waals surface area contributed by atoms with E-state index in [0.717, 1.165) is 200 Å². The van der Waals surface area contributed by atoms with Gasteiger partial charge in [0.15, 0.2) is 0 Å². The minimum Gasteiger partial charge on any atom is -0.456 e. The molecule has 23 aromatic rings. The van der Waals surface area contributed by atoms with Gasteiger partial charge in [0.25, 0.3) is 6.71 Å². The highest BCUT2D eigenvalue weighted by atomic mass is 16.3. The van der Waals surface area contributed by atoms with Crippen molar-refractivity contribution in [3.8, 4) is 100 Å². The molecule has 0 atom stereocenters. The molecular formula is C126H95BN4O2. The average molecular weight is 1710 g/mol. The second kappa shape index (κ2) is 30.3. The summed E-state index contributed by atoms with van der Waals surface area (Å²) < 4.78 is 20.4. The number of anilines is 6. The predicted molar refractivity (Wildman–Crippen MR) is 563 cm³/mol. The van der Waals surface area contributed by atoms with Crippen molar-refractivity contribution in [3.63, 3.8) is 0 Å². The van der Waals surface area contributed by atoms with Gasteiger partial charge in [0, 0.05) is 88.7 Å². The molecule has 0 fully saturated rings. The molecule has 0 unspecified atom stereocenters. The number of furan rings is 2. The molecule has 25 rings (SSSR count). The Morgan fingerprint density at radius 2 is 0.519 bits per heavy atom. The lowest BCUT2D eigenvalue weighted by atomic mass is 9.33. The van der Waals surface area contributed by atoms with E-state index in [-0.39, 0.29) is 17.5 Å². The van der Waals surface area contributed by atoms with Crippen LogP contribution >= 0.6 is 0 Å². The van der Waals surface area contributed by atoms with Gasteiger partial charge in [0.2, 0.25) is 0 Å². The highest BCUT2D eigenvalue weighted by molar-refractivity contribution is 7.00. The normalized spacial score (nSPS) is 12.8. The fourth-order valence-electron chi connectivity index (χ4n) is 21.8. The van der Waals surface area contributed by atoms with E-state index in [2.05, 4.69) is 494 Å². The van der Waals surface area contributed by atoms with Crippen LogP contribution in [-0.2, 0) is 16.2 Å². The maximum atomic E-state index is 7.63. The summed E-state index contributed by atoms with van der Waals surface area (Å²) in [5.74, 6) is 0. The Bertz CT molecular complexity index is 7990. The van der Waals surface area contributed by atoms with Gasteiger partial charge in [-0.05, 0) is 237 Å². The van der Waals surface area contributed by atoms with Gasteiger partial charge >= 0.3 is 0 Å². The summed E-state index contributed by atoms with van der Waals surface area (Å²) in [7, 11) is 0. The summed E-state index contributed by atoms with van der Waals surface area (Å²) >= 11 is 0. The monoisotopic (exact) mass is 1710 g/mol. The highest BCUT2D eigenvalue weighted by Gasteiger charge is 2.48. The van der Waals surface area contributed by atoms with Crippen LogP contribution in [0.4, 0.5) is 34.1 Å². The maximum absolute atomic E-state index is 7.63. The van der Waals surface area contributed by atoms with Crippen LogP contribution in [-0.4, -0.2) is 15.8 Å². The number of hydrogen-bond donors (Lipinski definition) is 0. The van der Waals surface area contributed by atoms with Crippen LogP contribution in [0.2, 0.25) is 0 Å². The largest absolute Gasteiger partial charge is 0.456 e. The molecule has 0 amide bonds. The molecule has 2 aliphatic heterocycles. The summed E-state index contributed by atoms with van der Waals surface area (Å²) in [6.07, 6.45) is 0. The van der Waals surface area contributed by atoms with Crippen LogP contribution in [0.15, 0.2) is 421 Å². The number of para-hydroxylation sites is 2. The third kappa shape index (κ3) is 12.9. The Morgan fingerprint density at radius 3 is 0.835 bits per heavy atom. The van der Waals surface area contributed by atoms with E-state index in [9.17, 15) is 0 Å². The van der Waals surface area contributed by atoms with Crippen molar-refractivity contribution in [2.45, 2.75) is 78.6 Å². The molecule has 19 aromatic carbocycles. The fraction of sp³-hybridized carbons (Fsp3) is 0.0952. The predicted octanol–water partition coefficient (Wildman–Crippen LogP) is 33.0. The first-order chi connectivity index (χ1) is 64.9. The van der Waals surface area contributed by atoms with E-state index in [1.54, 1.807) is 0 Å². The quantitative estimate of drug-likeness (QED) is 0.114. The van der Waals surface area contributed by atoms with Crippen LogP contribution < -0.4 is 26.2 Å². The summed E-state index contributed by atoms with van der Waals surface area (Å²) in [4.78, 5) is 5.47. The molecule has 0 saturated heterocycles. The standard InChI is InChI=1S/C126H95BN4O2/c1-124(2,3)92-72-113-119-114(73-92)131(121-98(91-49-33-47-85(67-91)79-36-18-11-19-37-79)77-104(126(7,8)9)123-118(121)96-51-29-31-53-116(96)133-123)112-75-94(129-109-64-56-88(82-42-24-14-25-43-82)70-101(109)102-71-89(57-65-110(102)129)83-44-26-15-27-45-83)59-61-106(112)127(119)105-60-58-93(128-107-62-54-86(80-38-20-12-21-39-80)68-99(107)100-69-87(55-63-108(100)128)81-40-22-13-23-41-81)74-111(105)130(113)120-97(90-48-32-46-84(66-90)78-34-16-10-17-35-78)76-103(125(4,5)6)122-117(120)95-50-28-30-52-115(95)132-122/h10-77H,1-9H3. The second-order valence-corrected chi connectivity index (χ2v) is 39.5. The molecule has 2 aliphatic rings. The first-order valence-corrected chi connectivity index (χ1v) is 46.6. The van der Waals surface area contributed by atoms with Crippen molar-refractivity contribution in [1.29, 1.82) is 0 Å². The Morgan fingerprint density at radius 1 is 0.226 bits per heavy atom. The molecule has 4 aromatic heterocycles. The smallest absolute Gasteiger partial charge is 0.252 e. The number of hydrogen-bond acceptors (Lipinski definition) is 4. The number of rotatable bonds is 12. The number of nitrogens with zero attached hydrogens (tertiary/aromatic N) is 4. The molecule has 0 saturated carbocycles. The Labute approximate surface area is 775 Å². The van der Waals surface area contributed by atoms with Gasteiger partial charge in [0.1, 0.15) is 22.3 Å². The molecule has 0 N–H and O–H groups in total. The van der Waals surface area contributed by atoms with E-state index in [4.69, 9.17) is 8.83 Å². The zero-order chi connectivity index (χ0) is 89.4. The summed E-state index contributed by atoms with van der Waals surface area (Å²) in [6.45, 7) is 20.9. The second-order valence-electron chi connectivity index (χ2n) is 39.5. The molecule has 0 radical (unpaired) electrons. The Balaban J connectivity index is 0.852. The van der Waals surface area contributed by atoms with Crippen LogP contribution in [0.3, 0.4) is 0 Å². The zero-order valence-electron chi connectivity index (χ0n) is 75.9. The number of fused-ring (bicyclic) bond motifs is 16. The van der Waals surface area contributed by atoms with E-state index in [1.165, 1.54) is 54.8 Å². The van der Waals surface area contributed by atoms with Crippen molar-refractivity contribution in [3.05, 3.63) is 429 Å². The van der Waals surface area contributed by atoms with Crippen LogP contribution in [0.1, 0.15) is 79.0 Å². The van der Waals surface area contributed by atoms with Gasteiger partial charge in [0.05, 0.1) is 44.2 Å². The summed E-state index contributed by atoms with van der Waals surface area (Å²) in [5.41, 5.74) is 40.2. The fourth-order valence-corrected chi connectivity index (χ4v) is 21.8. The van der Waals surface area contributed by atoms with Crippen LogP contribution in [0.25, 0.3) is 188 Å². The van der Waals surface area contributed by atoms with Gasteiger partial charge < -0.3 is 27.8 Å². The maximum Gasteiger partial charge on any atom is 0.252 e. The van der Waals surface area contributed by atoms with Gasteiger partial charge in [-0.15, -0.1) is 0 Å². The van der Waals surface area contributed by atoms with Crippen molar-refractivity contribution in [1.82, 2.24) is 9.13 Å². The molecule has 0 bridgehead atoms. The molecule has 133 heavy (non-hydrogen) atoms. The van der Waals surface area contributed by atoms with Gasteiger partial charge in [-0.3, -0.25) is 0 Å². The molecule has 6 nitrogen and oxygen atoms in total.